The molecule has 0 saturated carbocycles. The SMILES string of the molecule is N=C(/N=C(\Nn1c2ccccc2c2ccccc21)c1ccccc1)c1cccc(-c2cc(-c3ccccc3)cc(-c3ccccc3)n2)c1. The molecule has 2 heterocycles. The summed E-state index contributed by atoms with van der Waals surface area (Å²) in [5, 5.41) is 11.5. The van der Waals surface area contributed by atoms with Crippen LogP contribution in [0, 0.1) is 5.41 Å². The molecule has 0 bridgehead atoms. The number of para-hydroxylation sites is 2. The van der Waals surface area contributed by atoms with Gasteiger partial charge in [-0.25, -0.2) is 9.98 Å². The Hall–Kier alpha value is -6.59. The van der Waals surface area contributed by atoms with Crippen molar-refractivity contribution < 1.29 is 0 Å². The summed E-state index contributed by atoms with van der Waals surface area (Å²) in [7, 11) is 0. The minimum atomic E-state index is 0.145. The number of hydrogen-bond donors (Lipinski definition) is 2. The molecule has 0 amide bonds. The van der Waals surface area contributed by atoms with Crippen molar-refractivity contribution in [2.45, 2.75) is 0 Å². The molecule has 228 valence electrons. The summed E-state index contributed by atoms with van der Waals surface area (Å²) in [6.07, 6.45) is 0. The van der Waals surface area contributed by atoms with Gasteiger partial charge >= 0.3 is 0 Å². The molecule has 8 rings (SSSR count). The van der Waals surface area contributed by atoms with Gasteiger partial charge in [0.25, 0.3) is 0 Å². The van der Waals surface area contributed by atoms with Crippen molar-refractivity contribution in [1.82, 2.24) is 9.66 Å². The van der Waals surface area contributed by atoms with Crippen molar-refractivity contribution in [2.75, 3.05) is 5.43 Å². The Morgan fingerprint density at radius 1 is 0.479 bits per heavy atom. The molecule has 0 aliphatic carbocycles. The number of fused-ring (bicyclic) bond motifs is 3. The standard InChI is InChI=1S/C43H31N5/c44-42(46-43(32-19-8-3-9-20-32)47-48-40-25-12-10-23-36(40)37-24-11-13-26-41(37)48)34-22-14-21-33(27-34)39-29-35(30-15-4-1-5-16-30)28-38(45-39)31-17-6-2-7-18-31/h1-29H,(H2,44,46,47). The van der Waals surface area contributed by atoms with Crippen LogP contribution in [0.1, 0.15) is 11.1 Å². The van der Waals surface area contributed by atoms with E-state index in [9.17, 15) is 5.41 Å². The summed E-state index contributed by atoms with van der Waals surface area (Å²) in [5.74, 6) is 0.722. The maximum absolute atomic E-state index is 9.22. The van der Waals surface area contributed by atoms with Crippen LogP contribution in [0.3, 0.4) is 0 Å². The van der Waals surface area contributed by atoms with Crippen molar-refractivity contribution in [3.05, 3.63) is 187 Å². The Bertz CT molecular complexity index is 2320. The quantitative estimate of drug-likeness (QED) is 0.144. The minimum Gasteiger partial charge on any atom is -0.282 e. The summed E-state index contributed by atoms with van der Waals surface area (Å²) >= 11 is 0. The molecule has 5 heteroatoms. The van der Waals surface area contributed by atoms with Crippen molar-refractivity contribution >= 4 is 33.5 Å². The Morgan fingerprint density at radius 3 is 1.62 bits per heavy atom. The van der Waals surface area contributed by atoms with Gasteiger partial charge in [0.15, 0.2) is 11.7 Å². The second-order valence-corrected chi connectivity index (χ2v) is 11.6. The predicted molar refractivity (Wildman–Crippen MR) is 199 cm³/mol. The maximum Gasteiger partial charge on any atom is 0.154 e. The number of pyridine rings is 1. The van der Waals surface area contributed by atoms with Crippen molar-refractivity contribution in [1.29, 1.82) is 5.41 Å². The van der Waals surface area contributed by atoms with Crippen LogP contribution in [0.25, 0.3) is 55.4 Å². The van der Waals surface area contributed by atoms with Crippen molar-refractivity contribution in [3.8, 4) is 33.6 Å². The van der Waals surface area contributed by atoms with E-state index in [0.717, 1.165) is 61.0 Å². The van der Waals surface area contributed by atoms with Crippen molar-refractivity contribution in [3.63, 3.8) is 0 Å². The van der Waals surface area contributed by atoms with E-state index in [0.29, 0.717) is 11.4 Å². The van der Waals surface area contributed by atoms with E-state index in [1.54, 1.807) is 0 Å². The zero-order valence-corrected chi connectivity index (χ0v) is 26.1. The first-order valence-electron chi connectivity index (χ1n) is 15.9. The van der Waals surface area contributed by atoms with E-state index >= 15 is 0 Å². The molecule has 8 aromatic rings. The molecule has 0 saturated heterocycles. The van der Waals surface area contributed by atoms with Gasteiger partial charge < -0.3 is 0 Å². The van der Waals surface area contributed by atoms with Crippen LogP contribution < -0.4 is 5.43 Å². The molecule has 2 aromatic heterocycles. The Kier molecular flexibility index (Phi) is 7.61. The van der Waals surface area contributed by atoms with Gasteiger partial charge in [0.05, 0.1) is 22.4 Å². The lowest BCUT2D eigenvalue weighted by Crippen LogP contribution is -2.25. The van der Waals surface area contributed by atoms with Gasteiger partial charge in [-0.05, 0) is 41.5 Å². The molecule has 0 aliphatic rings. The number of aliphatic imine (C=N–C) groups is 1. The van der Waals surface area contributed by atoms with E-state index < -0.39 is 0 Å². The first-order chi connectivity index (χ1) is 23.7. The highest BCUT2D eigenvalue weighted by Crippen LogP contribution is 2.31. The Balaban J connectivity index is 1.21. The number of amidine groups is 2. The molecule has 48 heavy (non-hydrogen) atoms. The molecule has 0 radical (unpaired) electrons. The second kappa shape index (κ2) is 12.7. The molecule has 5 nitrogen and oxygen atoms in total. The van der Waals surface area contributed by atoms with E-state index in [2.05, 4.69) is 95.0 Å². The average Bonchev–Trinajstić information content (AvgIpc) is 3.48. The minimum absolute atomic E-state index is 0.145. The third kappa shape index (κ3) is 5.65. The summed E-state index contributed by atoms with van der Waals surface area (Å²) in [5.41, 5.74) is 13.1. The van der Waals surface area contributed by atoms with Gasteiger partial charge in [-0.1, -0.05) is 146 Å². The molecule has 0 atom stereocenters. The topological polar surface area (TPSA) is 66.1 Å². The summed E-state index contributed by atoms with van der Waals surface area (Å²) in [6.45, 7) is 0. The second-order valence-electron chi connectivity index (χ2n) is 11.6. The lowest BCUT2D eigenvalue weighted by atomic mass is 9.99. The largest absolute Gasteiger partial charge is 0.282 e. The fourth-order valence-corrected chi connectivity index (χ4v) is 6.13. The number of nitrogens with one attached hydrogen (secondary N) is 2. The van der Waals surface area contributed by atoms with Crippen LogP contribution >= 0.6 is 0 Å². The van der Waals surface area contributed by atoms with Crippen LogP contribution in [0.15, 0.2) is 181 Å². The summed E-state index contributed by atoms with van der Waals surface area (Å²) < 4.78 is 2.06. The number of aromatic nitrogens is 2. The number of benzene rings is 6. The number of nitrogens with zero attached hydrogens (tertiary/aromatic N) is 3. The number of rotatable bonds is 6. The van der Waals surface area contributed by atoms with E-state index in [-0.39, 0.29) is 5.84 Å². The van der Waals surface area contributed by atoms with Gasteiger partial charge in [0, 0.05) is 33.0 Å². The van der Waals surface area contributed by atoms with Crippen LogP contribution in [0.4, 0.5) is 0 Å². The third-order valence-corrected chi connectivity index (χ3v) is 8.50. The molecule has 0 unspecified atom stereocenters. The highest BCUT2D eigenvalue weighted by Gasteiger charge is 2.15. The summed E-state index contributed by atoms with van der Waals surface area (Å²) in [6, 6.07) is 59.4. The molecule has 0 aliphatic heterocycles. The lowest BCUT2D eigenvalue weighted by Gasteiger charge is -2.15. The maximum atomic E-state index is 9.22. The first kappa shape index (κ1) is 28.9. The Morgan fingerprint density at radius 2 is 0.979 bits per heavy atom. The lowest BCUT2D eigenvalue weighted by molar-refractivity contribution is 1.08. The van der Waals surface area contributed by atoms with E-state index in [4.69, 9.17) is 9.98 Å². The highest BCUT2D eigenvalue weighted by atomic mass is 15.4. The molecule has 0 fully saturated rings. The predicted octanol–water partition coefficient (Wildman–Crippen LogP) is 10.2. The van der Waals surface area contributed by atoms with Gasteiger partial charge in [-0.3, -0.25) is 15.5 Å². The summed E-state index contributed by atoms with van der Waals surface area (Å²) in [4.78, 5) is 10.0. The molecular weight excluding hydrogens is 587 g/mol. The van der Waals surface area contributed by atoms with E-state index in [1.807, 2.05) is 91.0 Å². The average molecular weight is 618 g/mol. The normalized spacial score (nSPS) is 11.5. The highest BCUT2D eigenvalue weighted by molar-refractivity contribution is 6.16. The zero-order chi connectivity index (χ0) is 32.3. The van der Waals surface area contributed by atoms with Crippen LogP contribution in [-0.2, 0) is 0 Å². The monoisotopic (exact) mass is 617 g/mol. The fraction of sp³-hybridized carbons (Fsp3) is 0. The van der Waals surface area contributed by atoms with Crippen LogP contribution in [0.5, 0.6) is 0 Å². The molecule has 0 spiro atoms. The van der Waals surface area contributed by atoms with Gasteiger partial charge in [-0.15, -0.1) is 0 Å². The van der Waals surface area contributed by atoms with Gasteiger partial charge in [0.1, 0.15) is 0 Å². The first-order valence-corrected chi connectivity index (χ1v) is 15.9. The van der Waals surface area contributed by atoms with Crippen LogP contribution in [-0.4, -0.2) is 21.3 Å². The van der Waals surface area contributed by atoms with Crippen molar-refractivity contribution in [2.24, 2.45) is 4.99 Å². The molecule has 2 N–H and O–H groups in total. The fourth-order valence-electron chi connectivity index (χ4n) is 6.13. The third-order valence-electron chi connectivity index (χ3n) is 8.50. The number of hydrogen-bond acceptors (Lipinski definition) is 2. The molecule has 6 aromatic carbocycles. The van der Waals surface area contributed by atoms with Gasteiger partial charge in [-0.2, -0.15) is 0 Å². The zero-order valence-electron chi connectivity index (χ0n) is 26.1. The smallest absolute Gasteiger partial charge is 0.154 e. The van der Waals surface area contributed by atoms with E-state index in [1.165, 1.54) is 0 Å². The van der Waals surface area contributed by atoms with Crippen LogP contribution in [0.2, 0.25) is 0 Å². The molecular formula is C43H31N5. The van der Waals surface area contributed by atoms with Gasteiger partial charge in [0.2, 0.25) is 0 Å². The Labute approximate surface area is 279 Å².